The van der Waals surface area contributed by atoms with Crippen molar-refractivity contribution in [2.24, 2.45) is 0 Å². The van der Waals surface area contributed by atoms with Gasteiger partial charge in [-0.15, -0.1) is 0 Å². The van der Waals surface area contributed by atoms with Gasteiger partial charge in [0.05, 0.1) is 21.8 Å². The van der Waals surface area contributed by atoms with Crippen LogP contribution < -0.4 is 5.32 Å². The number of para-hydroxylation sites is 1. The van der Waals surface area contributed by atoms with E-state index in [0.717, 1.165) is 15.4 Å². The van der Waals surface area contributed by atoms with Gasteiger partial charge in [0.25, 0.3) is 0 Å². The second kappa shape index (κ2) is 5.72. The third-order valence-corrected chi connectivity index (χ3v) is 3.83. The fourth-order valence-electron chi connectivity index (χ4n) is 2.01. The van der Waals surface area contributed by atoms with Gasteiger partial charge < -0.3 is 5.32 Å². The summed E-state index contributed by atoms with van der Waals surface area (Å²) in [5, 5.41) is 13.9. The molecule has 0 atom stereocenters. The molecule has 1 heterocycles. The third kappa shape index (κ3) is 2.85. The molecule has 5 heteroatoms. The number of hydrogen-bond acceptors (Lipinski definition) is 3. The summed E-state index contributed by atoms with van der Waals surface area (Å²) in [6.45, 7) is 0. The standard InChI is InChI=1S/C16H9BrClN3/c17-12-5-6-15(13(18)8-12)21-16-11(9-19)7-10-3-1-2-4-14(10)20-16/h1-8H,(H,20,21). The van der Waals surface area contributed by atoms with Crippen LogP contribution in [-0.2, 0) is 0 Å². The Morgan fingerprint density at radius 3 is 2.71 bits per heavy atom. The molecular weight excluding hydrogens is 350 g/mol. The fourth-order valence-corrected chi connectivity index (χ4v) is 2.74. The summed E-state index contributed by atoms with van der Waals surface area (Å²) in [4.78, 5) is 4.50. The zero-order valence-electron chi connectivity index (χ0n) is 10.8. The summed E-state index contributed by atoms with van der Waals surface area (Å²) < 4.78 is 0.894. The van der Waals surface area contributed by atoms with E-state index in [-0.39, 0.29) is 0 Å². The number of aromatic nitrogens is 1. The smallest absolute Gasteiger partial charge is 0.149 e. The molecule has 0 aliphatic rings. The first-order chi connectivity index (χ1) is 10.2. The number of rotatable bonds is 2. The van der Waals surface area contributed by atoms with E-state index in [1.54, 1.807) is 6.07 Å². The van der Waals surface area contributed by atoms with Gasteiger partial charge in [-0.25, -0.2) is 4.98 Å². The van der Waals surface area contributed by atoms with Crippen LogP contribution in [0, 0.1) is 11.3 Å². The van der Waals surface area contributed by atoms with Crippen LogP contribution in [0.1, 0.15) is 5.56 Å². The van der Waals surface area contributed by atoms with Crippen molar-refractivity contribution < 1.29 is 0 Å². The molecular formula is C16H9BrClN3. The van der Waals surface area contributed by atoms with Gasteiger partial charge in [0, 0.05) is 9.86 Å². The molecule has 0 fully saturated rings. The largest absolute Gasteiger partial charge is 0.338 e. The minimum Gasteiger partial charge on any atom is -0.338 e. The Morgan fingerprint density at radius 2 is 1.95 bits per heavy atom. The molecule has 3 aromatic rings. The van der Waals surface area contributed by atoms with E-state index in [0.29, 0.717) is 22.1 Å². The Labute approximate surface area is 135 Å². The molecule has 2 aromatic carbocycles. The normalized spacial score (nSPS) is 10.3. The monoisotopic (exact) mass is 357 g/mol. The van der Waals surface area contributed by atoms with Crippen molar-refractivity contribution in [1.82, 2.24) is 4.98 Å². The Bertz CT molecular complexity index is 871. The minimum atomic E-state index is 0.479. The molecule has 0 radical (unpaired) electrons. The predicted molar refractivity (Wildman–Crippen MR) is 88.9 cm³/mol. The lowest BCUT2D eigenvalue weighted by Gasteiger charge is -2.10. The van der Waals surface area contributed by atoms with Gasteiger partial charge in [0.15, 0.2) is 0 Å². The topological polar surface area (TPSA) is 48.7 Å². The second-order valence-electron chi connectivity index (χ2n) is 4.44. The van der Waals surface area contributed by atoms with Gasteiger partial charge in [0.1, 0.15) is 11.9 Å². The highest BCUT2D eigenvalue weighted by molar-refractivity contribution is 9.10. The average molecular weight is 359 g/mol. The molecule has 0 unspecified atom stereocenters. The van der Waals surface area contributed by atoms with Crippen molar-refractivity contribution in [3.63, 3.8) is 0 Å². The van der Waals surface area contributed by atoms with Crippen LogP contribution >= 0.6 is 27.5 Å². The lowest BCUT2D eigenvalue weighted by atomic mass is 10.1. The molecule has 0 aliphatic heterocycles. The number of nitriles is 1. The van der Waals surface area contributed by atoms with Crippen molar-refractivity contribution in [3.8, 4) is 6.07 Å². The third-order valence-electron chi connectivity index (χ3n) is 3.03. The van der Waals surface area contributed by atoms with E-state index in [4.69, 9.17) is 11.6 Å². The SMILES string of the molecule is N#Cc1cc2ccccc2nc1Nc1ccc(Br)cc1Cl. The molecule has 0 saturated heterocycles. The summed E-state index contributed by atoms with van der Waals surface area (Å²) >= 11 is 9.55. The molecule has 3 nitrogen and oxygen atoms in total. The number of benzene rings is 2. The van der Waals surface area contributed by atoms with Crippen molar-refractivity contribution in [2.45, 2.75) is 0 Å². The van der Waals surface area contributed by atoms with E-state index >= 15 is 0 Å². The summed E-state index contributed by atoms with van der Waals surface area (Å²) in [6, 6.07) is 17.2. The van der Waals surface area contributed by atoms with Crippen LogP contribution in [0.3, 0.4) is 0 Å². The highest BCUT2D eigenvalue weighted by Gasteiger charge is 2.09. The quantitative estimate of drug-likeness (QED) is 0.679. The zero-order valence-corrected chi connectivity index (χ0v) is 13.1. The molecule has 0 bridgehead atoms. The summed E-state index contributed by atoms with van der Waals surface area (Å²) in [6.07, 6.45) is 0. The molecule has 3 rings (SSSR count). The number of hydrogen-bond donors (Lipinski definition) is 1. The van der Waals surface area contributed by atoms with Crippen LogP contribution in [0.15, 0.2) is 53.0 Å². The molecule has 1 aromatic heterocycles. The second-order valence-corrected chi connectivity index (χ2v) is 5.76. The number of pyridine rings is 1. The van der Waals surface area contributed by atoms with E-state index in [1.165, 1.54) is 0 Å². The van der Waals surface area contributed by atoms with Crippen LogP contribution in [-0.4, -0.2) is 4.98 Å². The van der Waals surface area contributed by atoms with Gasteiger partial charge in [-0.1, -0.05) is 45.7 Å². The van der Waals surface area contributed by atoms with Gasteiger partial charge >= 0.3 is 0 Å². The van der Waals surface area contributed by atoms with Crippen molar-refractivity contribution in [3.05, 3.63) is 63.6 Å². The number of nitrogens with zero attached hydrogens (tertiary/aromatic N) is 2. The van der Waals surface area contributed by atoms with Crippen molar-refractivity contribution in [1.29, 1.82) is 5.26 Å². The fraction of sp³-hybridized carbons (Fsp3) is 0. The first kappa shape index (κ1) is 13.9. The Balaban J connectivity index is 2.09. The molecule has 102 valence electrons. The van der Waals surface area contributed by atoms with E-state index in [9.17, 15) is 5.26 Å². The summed E-state index contributed by atoms with van der Waals surface area (Å²) in [5.41, 5.74) is 2.01. The molecule has 0 saturated carbocycles. The Kier molecular flexibility index (Phi) is 3.78. The first-order valence-electron chi connectivity index (χ1n) is 6.19. The molecule has 0 spiro atoms. The van der Waals surface area contributed by atoms with Gasteiger partial charge in [0.2, 0.25) is 0 Å². The summed E-state index contributed by atoms with van der Waals surface area (Å²) in [7, 11) is 0. The van der Waals surface area contributed by atoms with Gasteiger partial charge in [-0.2, -0.15) is 5.26 Å². The van der Waals surface area contributed by atoms with Crippen molar-refractivity contribution >= 4 is 49.9 Å². The Hall–Kier alpha value is -2.09. The lowest BCUT2D eigenvalue weighted by Crippen LogP contribution is -1.98. The first-order valence-corrected chi connectivity index (χ1v) is 7.36. The average Bonchev–Trinajstić information content (AvgIpc) is 2.49. The molecule has 0 aliphatic carbocycles. The van der Waals surface area contributed by atoms with Crippen LogP contribution in [0.25, 0.3) is 10.9 Å². The Morgan fingerprint density at radius 1 is 1.14 bits per heavy atom. The highest BCUT2D eigenvalue weighted by atomic mass is 79.9. The van der Waals surface area contributed by atoms with Gasteiger partial charge in [-0.3, -0.25) is 0 Å². The van der Waals surface area contributed by atoms with Gasteiger partial charge in [-0.05, 0) is 30.3 Å². The maximum absolute atomic E-state index is 9.30. The van der Waals surface area contributed by atoms with Crippen LogP contribution in [0.5, 0.6) is 0 Å². The molecule has 0 amide bonds. The van der Waals surface area contributed by atoms with Crippen LogP contribution in [0.2, 0.25) is 5.02 Å². The maximum Gasteiger partial charge on any atom is 0.149 e. The summed E-state index contributed by atoms with van der Waals surface area (Å²) in [5.74, 6) is 0.500. The number of anilines is 2. The van der Waals surface area contributed by atoms with E-state index in [1.807, 2.05) is 42.5 Å². The minimum absolute atomic E-state index is 0.479. The molecule has 21 heavy (non-hydrogen) atoms. The number of nitrogens with one attached hydrogen (secondary N) is 1. The number of fused-ring (bicyclic) bond motifs is 1. The molecule has 1 N–H and O–H groups in total. The van der Waals surface area contributed by atoms with Crippen LogP contribution in [0.4, 0.5) is 11.5 Å². The predicted octanol–water partition coefficient (Wildman–Crippen LogP) is 5.27. The highest BCUT2D eigenvalue weighted by Crippen LogP contribution is 2.30. The lowest BCUT2D eigenvalue weighted by molar-refractivity contribution is 1.34. The number of halogens is 2. The van der Waals surface area contributed by atoms with Crippen molar-refractivity contribution in [2.75, 3.05) is 5.32 Å². The maximum atomic E-state index is 9.30. The van der Waals surface area contributed by atoms with E-state index in [2.05, 4.69) is 32.3 Å². The van der Waals surface area contributed by atoms with E-state index < -0.39 is 0 Å². The zero-order chi connectivity index (χ0) is 14.8.